The zero-order valence-corrected chi connectivity index (χ0v) is 12.5. The second-order valence-electron chi connectivity index (χ2n) is 4.82. The second-order valence-corrected chi connectivity index (χ2v) is 5.25. The molecule has 0 aliphatic rings. The topological polar surface area (TPSA) is 41.5 Å². The zero-order chi connectivity index (χ0) is 15.1. The molecule has 0 saturated heterocycles. The van der Waals surface area contributed by atoms with Crippen molar-refractivity contribution in [2.45, 2.75) is 19.3 Å². The van der Waals surface area contributed by atoms with Gasteiger partial charge in [0.05, 0.1) is 6.42 Å². The van der Waals surface area contributed by atoms with E-state index >= 15 is 0 Å². The van der Waals surface area contributed by atoms with Crippen molar-refractivity contribution >= 4 is 23.7 Å². The standard InChI is InChI=1S/C17H17ClN2O/c1-13(15-5-3-2-4-6-15)12-19-20-17(21)11-14-7-9-16(18)10-8-14/h2-10,12-13H,11H2,1H3,(H,20,21)/b19-12+. The number of halogens is 1. The molecule has 1 amide bonds. The van der Waals surface area contributed by atoms with Crippen LogP contribution in [0, 0.1) is 0 Å². The van der Waals surface area contributed by atoms with E-state index in [-0.39, 0.29) is 18.2 Å². The summed E-state index contributed by atoms with van der Waals surface area (Å²) in [6.07, 6.45) is 2.02. The van der Waals surface area contributed by atoms with E-state index in [0.717, 1.165) is 11.1 Å². The van der Waals surface area contributed by atoms with Gasteiger partial charge in [0.1, 0.15) is 0 Å². The maximum atomic E-state index is 11.8. The lowest BCUT2D eigenvalue weighted by Gasteiger charge is -2.05. The summed E-state index contributed by atoms with van der Waals surface area (Å²) >= 11 is 5.80. The zero-order valence-electron chi connectivity index (χ0n) is 11.8. The van der Waals surface area contributed by atoms with Crippen molar-refractivity contribution in [3.05, 3.63) is 70.7 Å². The van der Waals surface area contributed by atoms with Crippen LogP contribution in [0.4, 0.5) is 0 Å². The summed E-state index contributed by atoms with van der Waals surface area (Å²) < 4.78 is 0. The van der Waals surface area contributed by atoms with Gasteiger partial charge in [0.2, 0.25) is 5.91 Å². The van der Waals surface area contributed by atoms with Crippen LogP contribution >= 0.6 is 11.6 Å². The van der Waals surface area contributed by atoms with E-state index in [2.05, 4.69) is 10.5 Å². The Balaban J connectivity index is 1.83. The highest BCUT2D eigenvalue weighted by atomic mass is 35.5. The molecule has 4 heteroatoms. The average Bonchev–Trinajstić information content (AvgIpc) is 2.50. The van der Waals surface area contributed by atoms with E-state index in [9.17, 15) is 4.79 Å². The maximum Gasteiger partial charge on any atom is 0.244 e. The van der Waals surface area contributed by atoms with Crippen LogP contribution in [0.1, 0.15) is 24.0 Å². The Hall–Kier alpha value is -2.13. The van der Waals surface area contributed by atoms with Crippen molar-refractivity contribution < 1.29 is 4.79 Å². The normalized spacial score (nSPS) is 12.3. The number of hydrogen-bond donors (Lipinski definition) is 1. The number of hydrogen-bond acceptors (Lipinski definition) is 2. The van der Waals surface area contributed by atoms with Gasteiger partial charge in [0.15, 0.2) is 0 Å². The molecule has 0 saturated carbocycles. The highest BCUT2D eigenvalue weighted by Gasteiger charge is 2.03. The predicted molar refractivity (Wildman–Crippen MR) is 86.6 cm³/mol. The third kappa shape index (κ3) is 5.04. The molecule has 2 rings (SSSR count). The van der Waals surface area contributed by atoms with Crippen LogP contribution in [-0.4, -0.2) is 12.1 Å². The first-order valence-corrected chi connectivity index (χ1v) is 7.14. The van der Waals surface area contributed by atoms with Crippen molar-refractivity contribution in [2.75, 3.05) is 0 Å². The Labute approximate surface area is 129 Å². The molecule has 0 fully saturated rings. The van der Waals surface area contributed by atoms with Gasteiger partial charge < -0.3 is 0 Å². The Morgan fingerprint density at radius 3 is 2.52 bits per heavy atom. The third-order valence-electron chi connectivity index (χ3n) is 3.09. The maximum absolute atomic E-state index is 11.8. The number of carbonyl (C=O) groups excluding carboxylic acids is 1. The molecule has 1 unspecified atom stereocenters. The molecule has 1 atom stereocenters. The lowest BCUT2D eigenvalue weighted by atomic mass is 10.0. The monoisotopic (exact) mass is 300 g/mol. The summed E-state index contributed by atoms with van der Waals surface area (Å²) in [5.41, 5.74) is 4.61. The van der Waals surface area contributed by atoms with Crippen LogP contribution in [0.3, 0.4) is 0 Å². The van der Waals surface area contributed by atoms with E-state index < -0.39 is 0 Å². The summed E-state index contributed by atoms with van der Waals surface area (Å²) in [7, 11) is 0. The summed E-state index contributed by atoms with van der Waals surface area (Å²) in [4.78, 5) is 11.8. The first kappa shape index (κ1) is 15.3. The molecule has 108 valence electrons. The number of nitrogens with one attached hydrogen (secondary N) is 1. The quantitative estimate of drug-likeness (QED) is 0.662. The molecule has 0 aliphatic carbocycles. The summed E-state index contributed by atoms with van der Waals surface area (Å²) in [5.74, 6) is 0.0101. The SMILES string of the molecule is CC(/C=N/NC(=O)Cc1ccc(Cl)cc1)c1ccccc1. The van der Waals surface area contributed by atoms with Gasteiger partial charge in [-0.1, -0.05) is 61.0 Å². The fraction of sp³-hybridized carbons (Fsp3) is 0.176. The fourth-order valence-corrected chi connectivity index (χ4v) is 2.02. The van der Waals surface area contributed by atoms with Crippen molar-refractivity contribution in [1.29, 1.82) is 0 Å². The lowest BCUT2D eigenvalue weighted by molar-refractivity contribution is -0.120. The first-order chi connectivity index (χ1) is 10.1. The molecule has 3 nitrogen and oxygen atoms in total. The molecule has 0 spiro atoms. The number of carbonyl (C=O) groups is 1. The van der Waals surface area contributed by atoms with Crippen LogP contribution in [0.2, 0.25) is 5.02 Å². The highest BCUT2D eigenvalue weighted by Crippen LogP contribution is 2.12. The average molecular weight is 301 g/mol. The molecule has 2 aromatic rings. The van der Waals surface area contributed by atoms with Crippen LogP contribution < -0.4 is 5.43 Å². The Kier molecular flexibility index (Phi) is 5.52. The predicted octanol–water partition coefficient (Wildman–Crippen LogP) is 3.79. The largest absolute Gasteiger partial charge is 0.273 e. The molecule has 0 aliphatic heterocycles. The van der Waals surface area contributed by atoms with E-state index in [1.807, 2.05) is 49.4 Å². The molecule has 0 radical (unpaired) electrons. The van der Waals surface area contributed by atoms with Crippen LogP contribution in [0.15, 0.2) is 59.7 Å². The number of benzene rings is 2. The van der Waals surface area contributed by atoms with Crippen molar-refractivity contribution in [3.63, 3.8) is 0 Å². The van der Waals surface area contributed by atoms with Gasteiger partial charge in [-0.25, -0.2) is 5.43 Å². The number of amides is 1. The molecule has 0 aromatic heterocycles. The number of hydrazone groups is 1. The van der Waals surface area contributed by atoms with Gasteiger partial charge in [0.25, 0.3) is 0 Å². The van der Waals surface area contributed by atoms with Gasteiger partial charge in [0, 0.05) is 17.2 Å². The third-order valence-corrected chi connectivity index (χ3v) is 3.34. The van der Waals surface area contributed by atoms with Gasteiger partial charge in [-0.05, 0) is 23.3 Å². The fourth-order valence-electron chi connectivity index (χ4n) is 1.89. The smallest absolute Gasteiger partial charge is 0.244 e. The van der Waals surface area contributed by atoms with Crippen molar-refractivity contribution in [1.82, 2.24) is 5.43 Å². The second kappa shape index (κ2) is 7.60. The number of rotatable bonds is 5. The van der Waals surface area contributed by atoms with Gasteiger partial charge in [-0.2, -0.15) is 5.10 Å². The van der Waals surface area contributed by atoms with E-state index in [1.165, 1.54) is 0 Å². The molecule has 21 heavy (non-hydrogen) atoms. The highest BCUT2D eigenvalue weighted by molar-refractivity contribution is 6.30. The number of nitrogens with zero attached hydrogens (tertiary/aromatic N) is 1. The van der Waals surface area contributed by atoms with Crippen molar-refractivity contribution in [3.8, 4) is 0 Å². The Bertz CT molecular complexity index is 608. The molecular formula is C17H17ClN2O. The molecule has 0 heterocycles. The first-order valence-electron chi connectivity index (χ1n) is 6.76. The van der Waals surface area contributed by atoms with Crippen LogP contribution in [0.5, 0.6) is 0 Å². The Morgan fingerprint density at radius 2 is 1.86 bits per heavy atom. The van der Waals surface area contributed by atoms with Crippen molar-refractivity contribution in [2.24, 2.45) is 5.10 Å². The van der Waals surface area contributed by atoms with Crippen LogP contribution in [0.25, 0.3) is 0 Å². The minimum absolute atomic E-state index is 0.145. The summed E-state index contributed by atoms with van der Waals surface area (Å²) in [6, 6.07) is 17.2. The van der Waals surface area contributed by atoms with E-state index in [0.29, 0.717) is 5.02 Å². The van der Waals surface area contributed by atoms with E-state index in [4.69, 9.17) is 11.6 Å². The molecule has 2 aromatic carbocycles. The molecule has 0 bridgehead atoms. The lowest BCUT2D eigenvalue weighted by Crippen LogP contribution is -2.20. The van der Waals surface area contributed by atoms with Gasteiger partial charge >= 0.3 is 0 Å². The molecular weight excluding hydrogens is 284 g/mol. The van der Waals surface area contributed by atoms with Gasteiger partial charge in [-0.15, -0.1) is 0 Å². The molecule has 1 N–H and O–H groups in total. The van der Waals surface area contributed by atoms with Crippen LogP contribution in [-0.2, 0) is 11.2 Å². The van der Waals surface area contributed by atoms with E-state index in [1.54, 1.807) is 18.3 Å². The van der Waals surface area contributed by atoms with Gasteiger partial charge in [-0.3, -0.25) is 4.79 Å². The minimum Gasteiger partial charge on any atom is -0.273 e. The summed E-state index contributed by atoms with van der Waals surface area (Å²) in [5, 5.41) is 4.67. The summed E-state index contributed by atoms with van der Waals surface area (Å²) in [6.45, 7) is 2.03. The minimum atomic E-state index is -0.145. The Morgan fingerprint density at radius 1 is 1.19 bits per heavy atom.